The van der Waals surface area contributed by atoms with Gasteiger partial charge in [-0.25, -0.2) is 4.68 Å². The van der Waals surface area contributed by atoms with Crippen molar-refractivity contribution in [2.24, 2.45) is 5.73 Å². The average molecular weight is 170 g/mol. The third kappa shape index (κ3) is 1.46. The van der Waals surface area contributed by atoms with E-state index in [4.69, 9.17) is 5.73 Å². The minimum Gasteiger partial charge on any atom is -0.385 e. The molecule has 0 bridgehead atoms. The summed E-state index contributed by atoms with van der Waals surface area (Å²) in [5.41, 5.74) is 6.76. The van der Waals surface area contributed by atoms with E-state index >= 15 is 0 Å². The van der Waals surface area contributed by atoms with Crippen LogP contribution in [0.5, 0.6) is 0 Å². The molecule has 1 aromatic rings. The molecular weight excluding hydrogens is 156 g/mol. The molecule has 1 atom stereocenters. The van der Waals surface area contributed by atoms with Crippen LogP contribution in [0.3, 0.4) is 0 Å². The number of aliphatic hydroxyl groups excluding tert-OH is 1. The Bertz CT molecular complexity index is 258. The maximum absolute atomic E-state index is 9.38. The topological polar surface area (TPSA) is 77.0 Å². The van der Waals surface area contributed by atoms with Gasteiger partial charge in [0.25, 0.3) is 0 Å². The number of hydrogen-bond donors (Lipinski definition) is 2. The monoisotopic (exact) mass is 170 g/mol. The molecule has 5 nitrogen and oxygen atoms in total. The number of aliphatic hydroxyl groups is 1. The summed E-state index contributed by atoms with van der Waals surface area (Å²) in [6.07, 6.45) is -0.690. The highest BCUT2D eigenvalue weighted by molar-refractivity contribution is 5.11. The van der Waals surface area contributed by atoms with E-state index in [9.17, 15) is 5.11 Å². The van der Waals surface area contributed by atoms with E-state index in [1.165, 1.54) is 0 Å². The van der Waals surface area contributed by atoms with Gasteiger partial charge in [0, 0.05) is 13.1 Å². The van der Waals surface area contributed by atoms with Crippen molar-refractivity contribution in [2.45, 2.75) is 26.5 Å². The lowest BCUT2D eigenvalue weighted by Gasteiger charge is -2.04. The molecule has 0 saturated carbocycles. The number of aryl methyl sites for hydroxylation is 1. The molecule has 5 heteroatoms. The van der Waals surface area contributed by atoms with E-state index in [1.807, 2.05) is 13.8 Å². The first-order chi connectivity index (χ1) is 5.70. The minimum atomic E-state index is -0.690. The van der Waals surface area contributed by atoms with Gasteiger partial charge in [0.05, 0.1) is 5.69 Å². The third-order valence-electron chi connectivity index (χ3n) is 1.86. The Balaban J connectivity index is 2.93. The molecule has 1 heterocycles. The fraction of sp³-hybridized carbons (Fsp3) is 0.714. The van der Waals surface area contributed by atoms with Gasteiger partial charge in [-0.1, -0.05) is 5.21 Å². The van der Waals surface area contributed by atoms with Gasteiger partial charge in [-0.2, -0.15) is 0 Å². The highest BCUT2D eigenvalue weighted by atomic mass is 16.3. The van der Waals surface area contributed by atoms with E-state index in [0.717, 1.165) is 12.2 Å². The number of hydrogen-bond acceptors (Lipinski definition) is 4. The SMILES string of the molecule is CCn1nnc(C(O)CN)c1C. The molecule has 0 radical (unpaired) electrons. The van der Waals surface area contributed by atoms with Gasteiger partial charge < -0.3 is 10.8 Å². The zero-order valence-corrected chi connectivity index (χ0v) is 7.36. The van der Waals surface area contributed by atoms with Crippen LogP contribution in [0.1, 0.15) is 24.4 Å². The largest absolute Gasteiger partial charge is 0.385 e. The molecule has 0 aliphatic rings. The molecule has 0 aliphatic heterocycles. The molecule has 0 fully saturated rings. The van der Waals surface area contributed by atoms with Gasteiger partial charge in [0.2, 0.25) is 0 Å². The smallest absolute Gasteiger partial charge is 0.115 e. The van der Waals surface area contributed by atoms with Crippen molar-refractivity contribution >= 4 is 0 Å². The van der Waals surface area contributed by atoms with Crippen molar-refractivity contribution in [3.8, 4) is 0 Å². The zero-order valence-electron chi connectivity index (χ0n) is 7.36. The summed E-state index contributed by atoms with van der Waals surface area (Å²) in [4.78, 5) is 0. The third-order valence-corrected chi connectivity index (χ3v) is 1.86. The summed E-state index contributed by atoms with van der Waals surface area (Å²) in [5, 5.41) is 17.1. The Morgan fingerprint density at radius 2 is 2.33 bits per heavy atom. The van der Waals surface area contributed by atoms with Crippen molar-refractivity contribution in [2.75, 3.05) is 6.54 Å². The molecule has 0 amide bonds. The molecule has 12 heavy (non-hydrogen) atoms. The maximum atomic E-state index is 9.38. The zero-order chi connectivity index (χ0) is 9.14. The predicted octanol–water partition coefficient (Wildman–Crippen LogP) is -0.401. The van der Waals surface area contributed by atoms with E-state index in [-0.39, 0.29) is 6.54 Å². The number of rotatable bonds is 3. The van der Waals surface area contributed by atoms with Gasteiger partial charge in [0.15, 0.2) is 0 Å². The van der Waals surface area contributed by atoms with Gasteiger partial charge in [-0.05, 0) is 13.8 Å². The Kier molecular flexibility index (Phi) is 2.78. The summed E-state index contributed by atoms with van der Waals surface area (Å²) in [6, 6.07) is 0. The molecular formula is C7H14N4O. The van der Waals surface area contributed by atoms with Crippen LogP contribution in [0.25, 0.3) is 0 Å². The molecule has 0 saturated heterocycles. The molecule has 1 rings (SSSR count). The first-order valence-corrected chi connectivity index (χ1v) is 3.98. The second-order valence-electron chi connectivity index (χ2n) is 2.63. The van der Waals surface area contributed by atoms with Crippen LogP contribution >= 0.6 is 0 Å². The van der Waals surface area contributed by atoms with Crippen molar-refractivity contribution in [1.82, 2.24) is 15.0 Å². The van der Waals surface area contributed by atoms with Crippen LogP contribution in [-0.4, -0.2) is 26.6 Å². The van der Waals surface area contributed by atoms with Gasteiger partial charge >= 0.3 is 0 Å². The van der Waals surface area contributed by atoms with Crippen LogP contribution in [0.15, 0.2) is 0 Å². The molecule has 68 valence electrons. The average Bonchev–Trinajstić information content (AvgIpc) is 2.45. The summed E-state index contributed by atoms with van der Waals surface area (Å²) >= 11 is 0. The van der Waals surface area contributed by atoms with Crippen molar-refractivity contribution in [3.05, 3.63) is 11.4 Å². The molecule has 0 aliphatic carbocycles. The summed E-state index contributed by atoms with van der Waals surface area (Å²) < 4.78 is 1.73. The van der Waals surface area contributed by atoms with E-state index < -0.39 is 6.10 Å². The summed E-state index contributed by atoms with van der Waals surface area (Å²) in [6.45, 7) is 4.79. The van der Waals surface area contributed by atoms with Crippen molar-refractivity contribution in [1.29, 1.82) is 0 Å². The Hall–Kier alpha value is -0.940. The number of nitrogens with two attached hydrogens (primary N) is 1. The highest BCUT2D eigenvalue weighted by Gasteiger charge is 2.14. The number of aromatic nitrogens is 3. The highest BCUT2D eigenvalue weighted by Crippen LogP contribution is 2.12. The van der Waals surface area contributed by atoms with Crippen LogP contribution < -0.4 is 5.73 Å². The van der Waals surface area contributed by atoms with Crippen LogP contribution in [0.4, 0.5) is 0 Å². The molecule has 0 aromatic carbocycles. The maximum Gasteiger partial charge on any atom is 0.115 e. The summed E-state index contributed by atoms with van der Waals surface area (Å²) in [5.74, 6) is 0. The van der Waals surface area contributed by atoms with Gasteiger partial charge in [-0.3, -0.25) is 0 Å². The number of nitrogens with zero attached hydrogens (tertiary/aromatic N) is 3. The van der Waals surface area contributed by atoms with Crippen LogP contribution in [-0.2, 0) is 6.54 Å². The molecule has 3 N–H and O–H groups in total. The quantitative estimate of drug-likeness (QED) is 0.647. The minimum absolute atomic E-state index is 0.184. The first-order valence-electron chi connectivity index (χ1n) is 3.98. The Morgan fingerprint density at radius 3 is 2.75 bits per heavy atom. The van der Waals surface area contributed by atoms with Crippen LogP contribution in [0.2, 0.25) is 0 Å². The Morgan fingerprint density at radius 1 is 1.67 bits per heavy atom. The van der Waals surface area contributed by atoms with E-state index in [1.54, 1.807) is 4.68 Å². The lowest BCUT2D eigenvalue weighted by Crippen LogP contribution is -2.13. The second-order valence-corrected chi connectivity index (χ2v) is 2.63. The molecule has 1 aromatic heterocycles. The lowest BCUT2D eigenvalue weighted by molar-refractivity contribution is 0.181. The molecule has 0 spiro atoms. The van der Waals surface area contributed by atoms with Crippen molar-refractivity contribution in [3.63, 3.8) is 0 Å². The normalized spacial score (nSPS) is 13.3. The van der Waals surface area contributed by atoms with Gasteiger partial charge in [-0.15, -0.1) is 5.10 Å². The predicted molar refractivity (Wildman–Crippen MR) is 44.4 cm³/mol. The lowest BCUT2D eigenvalue weighted by atomic mass is 10.2. The Labute approximate surface area is 71.2 Å². The summed E-state index contributed by atoms with van der Waals surface area (Å²) in [7, 11) is 0. The van der Waals surface area contributed by atoms with E-state index in [2.05, 4.69) is 10.3 Å². The van der Waals surface area contributed by atoms with E-state index in [0.29, 0.717) is 5.69 Å². The van der Waals surface area contributed by atoms with Crippen molar-refractivity contribution < 1.29 is 5.11 Å². The first kappa shape index (κ1) is 9.15. The standard InChI is InChI=1S/C7H14N4O/c1-3-11-5(2)7(9-10-11)6(12)4-8/h6,12H,3-4,8H2,1-2H3. The van der Waals surface area contributed by atoms with Gasteiger partial charge in [0.1, 0.15) is 11.8 Å². The molecule has 1 unspecified atom stereocenters. The second kappa shape index (κ2) is 3.64. The van der Waals surface area contributed by atoms with Crippen LogP contribution in [0, 0.1) is 6.92 Å². The fourth-order valence-electron chi connectivity index (χ4n) is 1.09. The fourth-order valence-corrected chi connectivity index (χ4v) is 1.09.